The predicted octanol–water partition coefficient (Wildman–Crippen LogP) is 1.26. The van der Waals surface area contributed by atoms with E-state index >= 15 is 0 Å². The molecule has 5 nitrogen and oxygen atoms in total. The zero-order valence-electron chi connectivity index (χ0n) is 8.73. The summed E-state index contributed by atoms with van der Waals surface area (Å²) < 4.78 is 1.88. The molecule has 0 aromatic carbocycles. The Hall–Kier alpha value is -1.52. The number of rotatable bonds is 3. The van der Waals surface area contributed by atoms with Gasteiger partial charge in [0.15, 0.2) is 5.84 Å². The van der Waals surface area contributed by atoms with Crippen LogP contribution in [-0.4, -0.2) is 20.8 Å². The molecule has 0 aliphatic heterocycles. The van der Waals surface area contributed by atoms with E-state index < -0.39 is 0 Å². The molecule has 3 N–H and O–H groups in total. The average molecular weight is 196 g/mol. The fourth-order valence-electron chi connectivity index (χ4n) is 1.35. The molecule has 0 amide bonds. The smallest absolute Gasteiger partial charge is 0.173 e. The van der Waals surface area contributed by atoms with Crippen molar-refractivity contribution < 1.29 is 5.21 Å². The Morgan fingerprint density at radius 2 is 2.43 bits per heavy atom. The highest BCUT2D eigenvalue weighted by molar-refractivity contribution is 5.97. The third-order valence-corrected chi connectivity index (χ3v) is 2.44. The Balaban J connectivity index is 3.08. The lowest BCUT2D eigenvalue weighted by atomic mass is 10.2. The summed E-state index contributed by atoms with van der Waals surface area (Å²) in [5.74, 6) is 0.108. The van der Waals surface area contributed by atoms with Crippen LogP contribution >= 0.6 is 0 Å². The minimum Gasteiger partial charge on any atom is -0.409 e. The van der Waals surface area contributed by atoms with Crippen molar-refractivity contribution in [2.75, 3.05) is 0 Å². The molecule has 0 bridgehead atoms. The second-order valence-corrected chi connectivity index (χ2v) is 3.33. The van der Waals surface area contributed by atoms with Gasteiger partial charge in [0.2, 0.25) is 0 Å². The van der Waals surface area contributed by atoms with Gasteiger partial charge in [-0.05, 0) is 20.3 Å². The van der Waals surface area contributed by atoms with Crippen molar-refractivity contribution in [3.63, 3.8) is 0 Å². The third kappa shape index (κ3) is 1.71. The van der Waals surface area contributed by atoms with Crippen molar-refractivity contribution in [2.45, 2.75) is 33.2 Å². The van der Waals surface area contributed by atoms with Gasteiger partial charge < -0.3 is 10.9 Å². The summed E-state index contributed by atoms with van der Waals surface area (Å²) >= 11 is 0. The predicted molar refractivity (Wildman–Crippen MR) is 54.5 cm³/mol. The van der Waals surface area contributed by atoms with Gasteiger partial charge in [0.25, 0.3) is 0 Å². The highest BCUT2D eigenvalue weighted by Gasteiger charge is 2.12. The lowest BCUT2D eigenvalue weighted by Crippen LogP contribution is -2.15. The SMILES string of the molecule is CCC(C)n1ncc(/C(N)=N\O)c1C. The molecule has 0 saturated carbocycles. The molecule has 0 aliphatic rings. The minimum absolute atomic E-state index is 0.108. The van der Waals surface area contributed by atoms with Gasteiger partial charge in [0.1, 0.15) is 0 Å². The molecule has 0 radical (unpaired) electrons. The van der Waals surface area contributed by atoms with Crippen LogP contribution in [0.5, 0.6) is 0 Å². The molecule has 78 valence electrons. The highest BCUT2D eigenvalue weighted by Crippen LogP contribution is 2.15. The van der Waals surface area contributed by atoms with Crippen LogP contribution in [0.4, 0.5) is 0 Å². The zero-order valence-corrected chi connectivity index (χ0v) is 8.73. The number of oxime groups is 1. The number of aromatic nitrogens is 2. The minimum atomic E-state index is 0.108. The summed E-state index contributed by atoms with van der Waals surface area (Å²) in [5, 5.41) is 15.7. The van der Waals surface area contributed by atoms with Crippen molar-refractivity contribution in [3.8, 4) is 0 Å². The topological polar surface area (TPSA) is 76.4 Å². The van der Waals surface area contributed by atoms with E-state index in [9.17, 15) is 0 Å². The van der Waals surface area contributed by atoms with Gasteiger partial charge in [-0.1, -0.05) is 12.1 Å². The van der Waals surface area contributed by atoms with E-state index in [1.807, 2.05) is 11.6 Å². The van der Waals surface area contributed by atoms with Gasteiger partial charge in [-0.15, -0.1) is 0 Å². The van der Waals surface area contributed by atoms with Crippen molar-refractivity contribution in [3.05, 3.63) is 17.5 Å². The van der Waals surface area contributed by atoms with Crippen LogP contribution in [0.25, 0.3) is 0 Å². The van der Waals surface area contributed by atoms with Crippen LogP contribution in [0.1, 0.15) is 37.6 Å². The summed E-state index contributed by atoms with van der Waals surface area (Å²) in [6, 6.07) is 0.329. The van der Waals surface area contributed by atoms with Gasteiger partial charge in [0.05, 0.1) is 11.8 Å². The fourth-order valence-corrected chi connectivity index (χ4v) is 1.35. The lowest BCUT2D eigenvalue weighted by Gasteiger charge is -2.11. The maximum Gasteiger partial charge on any atom is 0.173 e. The fraction of sp³-hybridized carbons (Fsp3) is 0.556. The van der Waals surface area contributed by atoms with Gasteiger partial charge in [-0.3, -0.25) is 4.68 Å². The van der Waals surface area contributed by atoms with E-state index in [2.05, 4.69) is 24.1 Å². The second kappa shape index (κ2) is 4.13. The number of amidine groups is 1. The van der Waals surface area contributed by atoms with Crippen LogP contribution in [0, 0.1) is 6.92 Å². The zero-order chi connectivity index (χ0) is 10.7. The molecule has 5 heteroatoms. The molecule has 1 aromatic heterocycles. The van der Waals surface area contributed by atoms with Crippen LogP contribution in [-0.2, 0) is 0 Å². The Kier molecular flexibility index (Phi) is 3.11. The molecule has 0 fully saturated rings. The normalized spacial score (nSPS) is 14.4. The molecule has 1 atom stereocenters. The Bertz CT molecular complexity index is 343. The maximum atomic E-state index is 8.54. The van der Waals surface area contributed by atoms with E-state index in [1.165, 1.54) is 0 Å². The largest absolute Gasteiger partial charge is 0.409 e. The van der Waals surface area contributed by atoms with Crippen molar-refractivity contribution in [2.24, 2.45) is 10.9 Å². The summed E-state index contributed by atoms with van der Waals surface area (Å²) in [6.45, 7) is 6.08. The van der Waals surface area contributed by atoms with Gasteiger partial charge in [-0.25, -0.2) is 0 Å². The third-order valence-electron chi connectivity index (χ3n) is 2.44. The molecule has 14 heavy (non-hydrogen) atoms. The van der Waals surface area contributed by atoms with E-state index in [0.29, 0.717) is 11.6 Å². The van der Waals surface area contributed by atoms with Crippen molar-refractivity contribution in [1.82, 2.24) is 9.78 Å². The Morgan fingerprint density at radius 3 is 2.93 bits per heavy atom. The van der Waals surface area contributed by atoms with Gasteiger partial charge in [-0.2, -0.15) is 5.10 Å². The first-order valence-corrected chi connectivity index (χ1v) is 4.63. The van der Waals surface area contributed by atoms with Crippen molar-refractivity contribution in [1.29, 1.82) is 0 Å². The number of nitrogens with zero attached hydrogens (tertiary/aromatic N) is 3. The molecule has 1 rings (SSSR count). The molecular formula is C9H16N4O. The first-order valence-electron chi connectivity index (χ1n) is 4.63. The highest BCUT2D eigenvalue weighted by atomic mass is 16.4. The van der Waals surface area contributed by atoms with Crippen LogP contribution < -0.4 is 5.73 Å². The summed E-state index contributed by atoms with van der Waals surface area (Å²) in [5.41, 5.74) is 7.11. The van der Waals surface area contributed by atoms with E-state index in [-0.39, 0.29) is 5.84 Å². The number of nitrogens with two attached hydrogens (primary N) is 1. The molecule has 1 aromatic rings. The molecule has 0 saturated heterocycles. The lowest BCUT2D eigenvalue weighted by molar-refractivity contribution is 0.318. The van der Waals surface area contributed by atoms with E-state index in [4.69, 9.17) is 10.9 Å². The molecule has 0 spiro atoms. The van der Waals surface area contributed by atoms with Crippen molar-refractivity contribution >= 4 is 5.84 Å². The number of hydrogen-bond acceptors (Lipinski definition) is 3. The van der Waals surface area contributed by atoms with Crippen LogP contribution in [0.15, 0.2) is 11.4 Å². The monoisotopic (exact) mass is 196 g/mol. The Labute approximate surface area is 83.2 Å². The molecule has 1 unspecified atom stereocenters. The molecule has 0 aliphatic carbocycles. The Morgan fingerprint density at radius 1 is 1.79 bits per heavy atom. The van der Waals surface area contributed by atoms with E-state index in [1.54, 1.807) is 6.20 Å². The van der Waals surface area contributed by atoms with Gasteiger partial charge in [0, 0.05) is 11.7 Å². The molecule has 1 heterocycles. The van der Waals surface area contributed by atoms with Gasteiger partial charge >= 0.3 is 0 Å². The summed E-state index contributed by atoms with van der Waals surface area (Å²) in [7, 11) is 0. The maximum absolute atomic E-state index is 8.54. The first-order chi connectivity index (χ1) is 6.61. The standard InChI is InChI=1S/C9H16N4O/c1-4-6(2)13-7(3)8(5-11-13)9(10)12-14/h5-6,14H,4H2,1-3H3,(H2,10,12). The van der Waals surface area contributed by atoms with E-state index in [0.717, 1.165) is 12.1 Å². The average Bonchev–Trinajstić information content (AvgIpc) is 2.58. The van der Waals surface area contributed by atoms with Crippen LogP contribution in [0.2, 0.25) is 0 Å². The quantitative estimate of drug-likeness (QED) is 0.330. The summed E-state index contributed by atoms with van der Waals surface area (Å²) in [4.78, 5) is 0. The first kappa shape index (κ1) is 10.6. The number of hydrogen-bond donors (Lipinski definition) is 2. The summed E-state index contributed by atoms with van der Waals surface area (Å²) in [6.07, 6.45) is 2.62. The molecular weight excluding hydrogens is 180 g/mol. The second-order valence-electron chi connectivity index (χ2n) is 3.33. The van der Waals surface area contributed by atoms with Crippen LogP contribution in [0.3, 0.4) is 0 Å².